The van der Waals surface area contributed by atoms with E-state index in [4.69, 9.17) is 5.11 Å². The molecule has 0 radical (unpaired) electrons. The predicted molar refractivity (Wildman–Crippen MR) is 78.3 cm³/mol. The molecule has 1 atom stereocenters. The van der Waals surface area contributed by atoms with Gasteiger partial charge in [-0.25, -0.2) is 8.42 Å². The van der Waals surface area contributed by atoms with Crippen LogP contribution in [0.3, 0.4) is 0 Å². The molecule has 1 rings (SSSR count). The average Bonchev–Trinajstić information content (AvgIpc) is 2.38. The van der Waals surface area contributed by atoms with Gasteiger partial charge < -0.3 is 10.4 Å². The molecule has 0 aromatic rings. The second kappa shape index (κ2) is 8.66. The van der Waals surface area contributed by atoms with Crippen LogP contribution in [0.4, 0.5) is 0 Å². The first-order valence-electron chi connectivity index (χ1n) is 7.15. The molecule has 0 bridgehead atoms. The minimum Gasteiger partial charge on any atom is -0.377 e. The first-order chi connectivity index (χ1) is 9.02. The van der Waals surface area contributed by atoms with E-state index >= 15 is 0 Å². The van der Waals surface area contributed by atoms with Crippen molar-refractivity contribution in [3.05, 3.63) is 0 Å². The van der Waals surface area contributed by atoms with Crippen LogP contribution in [0.25, 0.3) is 0 Å². The summed E-state index contributed by atoms with van der Waals surface area (Å²) in [5.74, 6) is 0.0339. The van der Waals surface area contributed by atoms with Crippen molar-refractivity contribution in [2.45, 2.75) is 50.9 Å². The van der Waals surface area contributed by atoms with Gasteiger partial charge in [0.2, 0.25) is 0 Å². The number of aliphatic hydroxyl groups excluding tert-OH is 1. The minimum atomic E-state index is -3.32. The fraction of sp³-hybridized carbons (Fsp3) is 0.923. The molecule has 0 spiro atoms. The van der Waals surface area contributed by atoms with Gasteiger partial charge in [-0.3, -0.25) is 4.99 Å². The number of hydrogen-bond donors (Lipinski definition) is 2. The third-order valence-electron chi connectivity index (χ3n) is 3.36. The lowest BCUT2D eigenvalue weighted by Gasteiger charge is -2.12. The molecule has 112 valence electrons. The van der Waals surface area contributed by atoms with E-state index in [1.807, 2.05) is 0 Å². The monoisotopic (exact) mass is 290 g/mol. The molecule has 19 heavy (non-hydrogen) atoms. The molecule has 1 fully saturated rings. The van der Waals surface area contributed by atoms with E-state index in [2.05, 4.69) is 10.3 Å². The second-order valence-electron chi connectivity index (χ2n) is 5.08. The van der Waals surface area contributed by atoms with Crippen LogP contribution in [0.2, 0.25) is 0 Å². The minimum absolute atomic E-state index is 0.0339. The Morgan fingerprint density at radius 2 is 1.95 bits per heavy atom. The summed E-state index contributed by atoms with van der Waals surface area (Å²) in [6, 6.07) is 0. The van der Waals surface area contributed by atoms with Crippen molar-refractivity contribution in [1.82, 2.24) is 5.32 Å². The zero-order valence-electron chi connectivity index (χ0n) is 11.8. The van der Waals surface area contributed by atoms with Gasteiger partial charge in [0.1, 0.15) is 0 Å². The lowest BCUT2D eigenvalue weighted by molar-refractivity contribution is 0.268. The maximum absolute atomic E-state index is 11.3. The Morgan fingerprint density at radius 1 is 1.26 bits per heavy atom. The average molecular weight is 290 g/mol. The Labute approximate surface area is 116 Å². The fourth-order valence-corrected chi connectivity index (χ4v) is 2.99. The summed E-state index contributed by atoms with van der Waals surface area (Å²) in [5.41, 5.74) is 0.0786. The molecule has 1 aliphatic rings. The van der Waals surface area contributed by atoms with Crippen LogP contribution in [-0.4, -0.2) is 50.1 Å². The number of rotatable bonds is 8. The van der Waals surface area contributed by atoms with E-state index in [9.17, 15) is 8.42 Å². The topological polar surface area (TPSA) is 78.8 Å². The predicted octanol–water partition coefficient (Wildman–Crippen LogP) is 1.12. The van der Waals surface area contributed by atoms with Gasteiger partial charge in [0.05, 0.1) is 12.3 Å². The third kappa shape index (κ3) is 7.03. The molecule has 0 aromatic carbocycles. The molecule has 1 saturated carbocycles. The number of aliphatic hydroxyl groups is 1. The molecule has 6 heteroatoms. The number of nitrogens with one attached hydrogen (secondary N) is 1. The van der Waals surface area contributed by atoms with Crippen LogP contribution in [0.1, 0.15) is 45.4 Å². The van der Waals surface area contributed by atoms with E-state index in [0.717, 1.165) is 25.9 Å². The third-order valence-corrected chi connectivity index (χ3v) is 5.25. The van der Waals surface area contributed by atoms with Gasteiger partial charge in [-0.2, -0.15) is 0 Å². The highest BCUT2D eigenvalue weighted by atomic mass is 32.2. The van der Waals surface area contributed by atoms with Crippen molar-refractivity contribution in [1.29, 1.82) is 0 Å². The van der Waals surface area contributed by atoms with Crippen molar-refractivity contribution in [3.63, 3.8) is 0 Å². The van der Waals surface area contributed by atoms with Crippen LogP contribution in [0.5, 0.6) is 0 Å². The van der Waals surface area contributed by atoms with E-state index in [1.54, 1.807) is 0 Å². The molecule has 0 heterocycles. The largest absolute Gasteiger partial charge is 0.377 e. The van der Waals surface area contributed by atoms with E-state index < -0.39 is 15.3 Å². The summed E-state index contributed by atoms with van der Waals surface area (Å²) in [4.78, 5) is 4.55. The molecule has 0 aromatic heterocycles. The standard InChI is InChI=1S/C13H26N2O3S/c1-12(16)19(17,18)11-5-8-14-9-10-15-13-6-3-2-4-7-13/h12,14,16H,2-11H2,1H3. The lowest BCUT2D eigenvalue weighted by Crippen LogP contribution is -2.25. The number of aliphatic imine (C=N–C) groups is 1. The second-order valence-corrected chi connectivity index (χ2v) is 7.49. The van der Waals surface area contributed by atoms with E-state index in [0.29, 0.717) is 13.0 Å². The Balaban J connectivity index is 2.02. The molecule has 0 saturated heterocycles. The summed E-state index contributed by atoms with van der Waals surface area (Å²) >= 11 is 0. The molecular formula is C13H26N2O3S. The van der Waals surface area contributed by atoms with Crippen molar-refractivity contribution in [3.8, 4) is 0 Å². The van der Waals surface area contributed by atoms with Crippen molar-refractivity contribution in [2.24, 2.45) is 4.99 Å². The molecule has 1 aliphatic carbocycles. The fourth-order valence-electron chi connectivity index (χ4n) is 2.10. The van der Waals surface area contributed by atoms with Crippen molar-refractivity contribution < 1.29 is 13.5 Å². The molecule has 2 N–H and O–H groups in total. The Kier molecular flexibility index (Phi) is 7.56. The highest BCUT2D eigenvalue weighted by molar-refractivity contribution is 7.91. The zero-order valence-corrected chi connectivity index (χ0v) is 12.6. The van der Waals surface area contributed by atoms with Gasteiger partial charge >= 0.3 is 0 Å². The summed E-state index contributed by atoms with van der Waals surface area (Å²) in [6.07, 6.45) is 6.69. The van der Waals surface area contributed by atoms with Gasteiger partial charge in [-0.15, -0.1) is 0 Å². The maximum Gasteiger partial charge on any atom is 0.176 e. The Bertz CT molecular complexity index is 369. The summed E-state index contributed by atoms with van der Waals surface area (Å²) in [6.45, 7) is 3.51. The Hall–Kier alpha value is -0.460. The van der Waals surface area contributed by atoms with Gasteiger partial charge in [0.25, 0.3) is 0 Å². The molecule has 0 aliphatic heterocycles. The quantitative estimate of drug-likeness (QED) is 0.657. The van der Waals surface area contributed by atoms with Gasteiger partial charge in [-0.05, 0) is 45.6 Å². The smallest absolute Gasteiger partial charge is 0.176 e. The molecule has 0 amide bonds. The normalized spacial score (nSPS) is 18.3. The number of hydrogen-bond acceptors (Lipinski definition) is 5. The first kappa shape index (κ1) is 16.6. The highest BCUT2D eigenvalue weighted by Crippen LogP contribution is 2.14. The summed E-state index contributed by atoms with van der Waals surface area (Å²) < 4.78 is 22.7. The molecule has 5 nitrogen and oxygen atoms in total. The number of sulfone groups is 1. The summed E-state index contributed by atoms with van der Waals surface area (Å²) in [7, 11) is -3.32. The lowest BCUT2D eigenvalue weighted by atomic mass is 9.99. The van der Waals surface area contributed by atoms with Crippen LogP contribution in [-0.2, 0) is 9.84 Å². The molecule has 1 unspecified atom stereocenters. The molecular weight excluding hydrogens is 264 g/mol. The zero-order chi connectivity index (χ0) is 14.1. The van der Waals surface area contributed by atoms with Crippen molar-refractivity contribution in [2.75, 3.05) is 25.4 Å². The van der Waals surface area contributed by atoms with Crippen LogP contribution in [0, 0.1) is 0 Å². The SMILES string of the molecule is CC(O)S(=O)(=O)CCCNCCN=C1CCCCC1. The number of nitrogens with zero attached hydrogens (tertiary/aromatic N) is 1. The van der Waals surface area contributed by atoms with Gasteiger partial charge in [0, 0.05) is 12.3 Å². The first-order valence-corrected chi connectivity index (χ1v) is 8.86. The maximum atomic E-state index is 11.3. The highest BCUT2D eigenvalue weighted by Gasteiger charge is 2.16. The van der Waals surface area contributed by atoms with Crippen LogP contribution in [0.15, 0.2) is 4.99 Å². The summed E-state index contributed by atoms with van der Waals surface area (Å²) in [5, 5.41) is 12.2. The van der Waals surface area contributed by atoms with Crippen molar-refractivity contribution >= 4 is 15.5 Å². The van der Waals surface area contributed by atoms with Crippen LogP contribution < -0.4 is 5.32 Å². The van der Waals surface area contributed by atoms with Crippen LogP contribution >= 0.6 is 0 Å². The van der Waals surface area contributed by atoms with Gasteiger partial charge in [-0.1, -0.05) is 6.42 Å². The van der Waals surface area contributed by atoms with E-state index in [1.165, 1.54) is 31.9 Å². The Morgan fingerprint density at radius 3 is 2.58 bits per heavy atom. The van der Waals surface area contributed by atoms with E-state index in [-0.39, 0.29) is 5.75 Å². The van der Waals surface area contributed by atoms with Gasteiger partial charge in [0.15, 0.2) is 15.3 Å².